The lowest BCUT2D eigenvalue weighted by Gasteiger charge is -2.21. The second-order valence-electron chi connectivity index (χ2n) is 12.5. The van der Waals surface area contributed by atoms with Crippen molar-refractivity contribution in [1.82, 2.24) is 4.57 Å². The predicted molar refractivity (Wildman–Crippen MR) is 203 cm³/mol. The Morgan fingerprint density at radius 1 is 0.333 bits per heavy atom. The van der Waals surface area contributed by atoms with E-state index in [-0.39, 0.29) is 5.92 Å². The summed E-state index contributed by atoms with van der Waals surface area (Å²) in [7, 11) is 0. The Morgan fingerprint density at radius 2 is 0.812 bits per heavy atom. The number of nitrogens with zero attached hydrogens (tertiary/aromatic N) is 1. The van der Waals surface area contributed by atoms with Crippen LogP contribution < -0.4 is 0 Å². The van der Waals surface area contributed by atoms with Gasteiger partial charge < -0.3 is 4.57 Å². The number of benzene rings is 8. The maximum Gasteiger partial charge on any atom is 0.0547 e. The van der Waals surface area contributed by atoms with Crippen LogP contribution in [0.25, 0.3) is 60.5 Å². The molecule has 0 aliphatic carbocycles. The van der Waals surface area contributed by atoms with Gasteiger partial charge in [-0.15, -0.1) is 0 Å². The number of hydrogen-bond acceptors (Lipinski definition) is 0. The SMILES string of the molecule is c1ccc(-c2ccc(C(c3ccc(-c4ccccc4)cc3)c3ccc4ccc5c(c4c3)c3ccccc3n5-c3ccccc3)cc2)cc1. The van der Waals surface area contributed by atoms with E-state index in [0.717, 1.165) is 0 Å². The molecule has 226 valence electrons. The maximum atomic E-state index is 2.44. The summed E-state index contributed by atoms with van der Waals surface area (Å²) in [4.78, 5) is 0. The van der Waals surface area contributed by atoms with Gasteiger partial charge in [0.05, 0.1) is 11.0 Å². The maximum absolute atomic E-state index is 2.44. The molecule has 0 N–H and O–H groups in total. The van der Waals surface area contributed by atoms with E-state index in [1.54, 1.807) is 0 Å². The summed E-state index contributed by atoms with van der Waals surface area (Å²) in [6, 6.07) is 70.7. The number of aromatic nitrogens is 1. The largest absolute Gasteiger partial charge is 0.309 e. The lowest BCUT2D eigenvalue weighted by atomic mass is 9.83. The molecule has 0 amide bonds. The Bertz CT molecular complexity index is 2430. The Hall–Kier alpha value is -6.18. The zero-order valence-corrected chi connectivity index (χ0v) is 26.5. The van der Waals surface area contributed by atoms with E-state index in [4.69, 9.17) is 0 Å². The Kier molecular flexibility index (Phi) is 6.95. The van der Waals surface area contributed by atoms with Crippen molar-refractivity contribution in [1.29, 1.82) is 0 Å². The smallest absolute Gasteiger partial charge is 0.0547 e. The van der Waals surface area contributed by atoms with E-state index in [2.05, 4.69) is 199 Å². The van der Waals surface area contributed by atoms with E-state index < -0.39 is 0 Å². The van der Waals surface area contributed by atoms with Crippen LogP contribution in [0.3, 0.4) is 0 Å². The van der Waals surface area contributed by atoms with E-state index in [0.29, 0.717) is 0 Å². The normalized spacial score (nSPS) is 11.5. The van der Waals surface area contributed by atoms with Gasteiger partial charge in [-0.2, -0.15) is 0 Å². The van der Waals surface area contributed by atoms with Gasteiger partial charge in [0.2, 0.25) is 0 Å². The molecular weight excluding hydrogens is 579 g/mol. The van der Waals surface area contributed by atoms with Crippen LogP contribution in [0.4, 0.5) is 0 Å². The van der Waals surface area contributed by atoms with E-state index >= 15 is 0 Å². The molecule has 1 heteroatoms. The first kappa shape index (κ1) is 28.1. The van der Waals surface area contributed by atoms with Gasteiger partial charge >= 0.3 is 0 Å². The van der Waals surface area contributed by atoms with Gasteiger partial charge in [0.15, 0.2) is 0 Å². The lowest BCUT2D eigenvalue weighted by molar-refractivity contribution is 0.981. The lowest BCUT2D eigenvalue weighted by Crippen LogP contribution is -2.04. The van der Waals surface area contributed by atoms with Crippen molar-refractivity contribution in [3.8, 4) is 27.9 Å². The molecule has 0 radical (unpaired) electrons. The van der Waals surface area contributed by atoms with Crippen LogP contribution in [0.1, 0.15) is 22.6 Å². The van der Waals surface area contributed by atoms with Gasteiger partial charge in [0.25, 0.3) is 0 Å². The summed E-state index contributed by atoms with van der Waals surface area (Å²) >= 11 is 0. The quantitative estimate of drug-likeness (QED) is 0.165. The number of hydrogen-bond donors (Lipinski definition) is 0. The Labute approximate surface area is 281 Å². The molecule has 0 fully saturated rings. The highest BCUT2D eigenvalue weighted by Crippen LogP contribution is 2.40. The molecule has 0 saturated carbocycles. The van der Waals surface area contributed by atoms with Gasteiger partial charge in [-0.05, 0) is 80.0 Å². The summed E-state index contributed by atoms with van der Waals surface area (Å²) in [6.45, 7) is 0. The molecule has 9 rings (SSSR count). The molecule has 0 bridgehead atoms. The molecule has 1 aromatic heterocycles. The average Bonchev–Trinajstić information content (AvgIpc) is 3.51. The minimum absolute atomic E-state index is 0.0711. The molecule has 0 aliphatic heterocycles. The third-order valence-corrected chi connectivity index (χ3v) is 9.73. The number of rotatable bonds is 6. The highest BCUT2D eigenvalue weighted by atomic mass is 15.0. The van der Waals surface area contributed by atoms with Gasteiger partial charge in [-0.3, -0.25) is 0 Å². The molecule has 0 spiro atoms. The zero-order chi connectivity index (χ0) is 31.9. The van der Waals surface area contributed by atoms with Crippen molar-refractivity contribution < 1.29 is 0 Å². The van der Waals surface area contributed by atoms with Gasteiger partial charge in [0.1, 0.15) is 0 Å². The molecule has 0 unspecified atom stereocenters. The van der Waals surface area contributed by atoms with Gasteiger partial charge in [-0.25, -0.2) is 0 Å². The zero-order valence-electron chi connectivity index (χ0n) is 26.5. The predicted octanol–water partition coefficient (Wildman–Crippen LogP) is 12.5. The van der Waals surface area contributed by atoms with E-state index in [1.807, 2.05) is 0 Å². The molecule has 48 heavy (non-hydrogen) atoms. The van der Waals surface area contributed by atoms with Crippen LogP contribution >= 0.6 is 0 Å². The molecule has 0 saturated heterocycles. The molecule has 0 atom stereocenters. The standard InChI is InChI=1S/C47H33N/c1-4-12-33(13-5-1)35-20-25-38(26-21-35)46(39-27-22-36(23-28-39)34-14-6-2-7-15-34)40-29-24-37-30-31-45-47(43(37)32-40)42-18-10-11-19-44(42)48(45)41-16-8-3-9-17-41/h1-32,46H. The van der Waals surface area contributed by atoms with Crippen LogP contribution in [0.2, 0.25) is 0 Å². The fourth-order valence-corrected chi connectivity index (χ4v) is 7.41. The van der Waals surface area contributed by atoms with Crippen LogP contribution in [0.15, 0.2) is 194 Å². The van der Waals surface area contributed by atoms with Crippen LogP contribution in [-0.4, -0.2) is 4.57 Å². The van der Waals surface area contributed by atoms with Crippen molar-refractivity contribution in [3.05, 3.63) is 211 Å². The molecule has 8 aromatic carbocycles. The summed E-state index contributed by atoms with van der Waals surface area (Å²) in [5, 5.41) is 5.10. The summed E-state index contributed by atoms with van der Waals surface area (Å²) in [6.07, 6.45) is 0. The van der Waals surface area contributed by atoms with Crippen molar-refractivity contribution in [2.24, 2.45) is 0 Å². The van der Waals surface area contributed by atoms with Crippen molar-refractivity contribution >= 4 is 32.6 Å². The topological polar surface area (TPSA) is 4.93 Å². The molecule has 0 aliphatic rings. The number of fused-ring (bicyclic) bond motifs is 5. The minimum Gasteiger partial charge on any atom is -0.309 e. The second kappa shape index (κ2) is 11.9. The fraction of sp³-hybridized carbons (Fsp3) is 0.0213. The molecule has 1 heterocycles. The van der Waals surface area contributed by atoms with Crippen LogP contribution in [0.5, 0.6) is 0 Å². The van der Waals surface area contributed by atoms with Crippen LogP contribution in [0, 0.1) is 0 Å². The summed E-state index contributed by atoms with van der Waals surface area (Å²) in [5.41, 5.74) is 12.4. The number of para-hydroxylation sites is 2. The molecular formula is C47H33N. The average molecular weight is 612 g/mol. The first-order valence-corrected chi connectivity index (χ1v) is 16.6. The van der Waals surface area contributed by atoms with Gasteiger partial charge in [-0.1, -0.05) is 164 Å². The second-order valence-corrected chi connectivity index (χ2v) is 12.5. The molecule has 9 aromatic rings. The first-order valence-electron chi connectivity index (χ1n) is 16.6. The third-order valence-electron chi connectivity index (χ3n) is 9.73. The van der Waals surface area contributed by atoms with Crippen molar-refractivity contribution in [2.75, 3.05) is 0 Å². The fourth-order valence-electron chi connectivity index (χ4n) is 7.41. The Balaban J connectivity index is 1.24. The van der Waals surface area contributed by atoms with E-state index in [9.17, 15) is 0 Å². The highest BCUT2D eigenvalue weighted by molar-refractivity contribution is 6.21. The van der Waals surface area contributed by atoms with Crippen molar-refractivity contribution in [2.45, 2.75) is 5.92 Å². The first-order chi connectivity index (χ1) is 23.8. The van der Waals surface area contributed by atoms with E-state index in [1.165, 1.54) is 77.2 Å². The van der Waals surface area contributed by atoms with Gasteiger partial charge in [0, 0.05) is 22.4 Å². The van der Waals surface area contributed by atoms with Crippen molar-refractivity contribution in [3.63, 3.8) is 0 Å². The Morgan fingerprint density at radius 3 is 1.42 bits per heavy atom. The highest BCUT2D eigenvalue weighted by Gasteiger charge is 2.20. The summed E-state index contributed by atoms with van der Waals surface area (Å²) < 4.78 is 2.40. The summed E-state index contributed by atoms with van der Waals surface area (Å²) in [5.74, 6) is 0.0711. The third kappa shape index (κ3) is 4.89. The van der Waals surface area contributed by atoms with Crippen LogP contribution in [-0.2, 0) is 0 Å². The monoisotopic (exact) mass is 611 g/mol. The molecule has 1 nitrogen and oxygen atoms in total. The minimum atomic E-state index is 0.0711.